The van der Waals surface area contributed by atoms with Gasteiger partial charge >= 0.3 is 11.9 Å². The second-order valence-corrected chi connectivity index (χ2v) is 8.03. The number of pyridine rings is 1. The first-order valence-corrected chi connectivity index (χ1v) is 11.0. The number of carbonyl (C=O) groups is 4. The van der Waals surface area contributed by atoms with Crippen LogP contribution >= 0.6 is 11.8 Å². The fourth-order valence-corrected chi connectivity index (χ4v) is 3.55. The Balaban J connectivity index is 0.000000414. The van der Waals surface area contributed by atoms with Gasteiger partial charge in [-0.3, -0.25) is 19.9 Å². The molecule has 1 unspecified atom stereocenters. The number of aryl methyl sites for hydroxylation is 1. The molecule has 1 atom stereocenters. The summed E-state index contributed by atoms with van der Waals surface area (Å²) >= 11 is 1.05. The lowest BCUT2D eigenvalue weighted by molar-refractivity contribution is -0.134. The van der Waals surface area contributed by atoms with Crippen LogP contribution in [0.3, 0.4) is 0 Å². The zero-order chi connectivity index (χ0) is 24.2. The van der Waals surface area contributed by atoms with E-state index in [1.54, 1.807) is 0 Å². The van der Waals surface area contributed by atoms with Crippen molar-refractivity contribution in [2.24, 2.45) is 0 Å². The predicted molar refractivity (Wildman–Crippen MR) is 122 cm³/mol. The number of carboxylic acid groups (broad SMARTS) is 2. The topological polar surface area (TPSA) is 143 Å². The van der Waals surface area contributed by atoms with E-state index in [0.717, 1.165) is 41.6 Å². The third-order valence-corrected chi connectivity index (χ3v) is 5.38. The molecule has 0 bridgehead atoms. The molecule has 1 saturated heterocycles. The summed E-state index contributed by atoms with van der Waals surface area (Å²) in [6.45, 7) is 2.67. The van der Waals surface area contributed by atoms with Crippen LogP contribution < -0.4 is 10.1 Å². The van der Waals surface area contributed by atoms with Crippen LogP contribution in [0.1, 0.15) is 23.7 Å². The number of aromatic nitrogens is 1. The van der Waals surface area contributed by atoms with Gasteiger partial charge in [-0.2, -0.15) is 0 Å². The molecule has 0 saturated carbocycles. The van der Waals surface area contributed by atoms with Gasteiger partial charge in [0.25, 0.3) is 5.24 Å². The first-order chi connectivity index (χ1) is 15.8. The molecule has 1 aliphatic rings. The molecule has 1 aliphatic heterocycles. The summed E-state index contributed by atoms with van der Waals surface area (Å²) in [5, 5.41) is 17.3. The van der Waals surface area contributed by atoms with Crippen LogP contribution in [0.5, 0.6) is 5.75 Å². The minimum absolute atomic E-state index is 0.211. The lowest BCUT2D eigenvalue weighted by Gasteiger charge is -2.09. The number of hydrogen-bond acceptors (Lipinski definition) is 7. The van der Waals surface area contributed by atoms with E-state index < -0.39 is 11.9 Å². The molecule has 2 amide bonds. The fourth-order valence-electron chi connectivity index (χ4n) is 2.69. The Bertz CT molecular complexity index is 988. The largest absolute Gasteiger partial charge is 0.493 e. The Labute approximate surface area is 194 Å². The summed E-state index contributed by atoms with van der Waals surface area (Å²) in [6.07, 6.45) is 5.31. The van der Waals surface area contributed by atoms with Crippen LogP contribution in [0, 0.1) is 0 Å². The molecular formula is C23H24N2O7S. The molecule has 3 rings (SSSR count). The Kier molecular flexibility index (Phi) is 10.1. The maximum atomic E-state index is 11.6. The number of nitrogens with zero attached hydrogens (tertiary/aromatic N) is 1. The molecule has 1 aromatic carbocycles. The standard InChI is InChI=1S/C19H20N2O3S.C4H4O4/c1-2-13-3-6-15(20-12-13)9-10-24-16-7-4-14(5-8-16)11-17-18(22)21-19(23)25-17;5-3(6)1-2-4(7)8/h3-8,12,17H,2,9-11H2,1H3,(H,21,22,23);1-2H,(H,5,6)(H,7,8). The Morgan fingerprint density at radius 3 is 2.18 bits per heavy atom. The van der Waals surface area contributed by atoms with Gasteiger partial charge in [0.15, 0.2) is 0 Å². The van der Waals surface area contributed by atoms with E-state index in [1.807, 2.05) is 36.5 Å². The number of ether oxygens (including phenoxy) is 1. The molecule has 2 heterocycles. The number of carbonyl (C=O) groups excluding carboxylic acids is 2. The molecule has 0 aliphatic carbocycles. The summed E-state index contributed by atoms with van der Waals surface area (Å²) in [5.74, 6) is -1.94. The summed E-state index contributed by atoms with van der Waals surface area (Å²) in [6, 6.07) is 11.8. The maximum Gasteiger partial charge on any atom is 0.328 e. The predicted octanol–water partition coefficient (Wildman–Crippen LogP) is 2.87. The van der Waals surface area contributed by atoms with Crippen LogP contribution in [0.4, 0.5) is 4.79 Å². The van der Waals surface area contributed by atoms with Gasteiger partial charge in [0.2, 0.25) is 5.91 Å². The van der Waals surface area contributed by atoms with Crippen molar-refractivity contribution in [2.75, 3.05) is 6.61 Å². The Morgan fingerprint density at radius 2 is 1.70 bits per heavy atom. The van der Waals surface area contributed by atoms with Gasteiger partial charge in [-0.05, 0) is 42.2 Å². The summed E-state index contributed by atoms with van der Waals surface area (Å²) in [7, 11) is 0. The van der Waals surface area contributed by atoms with Crippen molar-refractivity contribution < 1.29 is 34.1 Å². The number of rotatable bonds is 9. The Morgan fingerprint density at radius 1 is 1.06 bits per heavy atom. The van der Waals surface area contributed by atoms with Gasteiger partial charge in [-0.15, -0.1) is 0 Å². The molecule has 10 heteroatoms. The molecule has 174 valence electrons. The minimum atomic E-state index is -1.26. The molecule has 33 heavy (non-hydrogen) atoms. The van der Waals surface area contributed by atoms with Gasteiger partial charge in [-0.25, -0.2) is 9.59 Å². The molecule has 1 fully saturated rings. The average Bonchev–Trinajstić information content (AvgIpc) is 3.11. The van der Waals surface area contributed by atoms with E-state index in [1.165, 1.54) is 5.56 Å². The summed E-state index contributed by atoms with van der Waals surface area (Å²) in [4.78, 5) is 46.3. The number of hydrogen-bond donors (Lipinski definition) is 3. The fraction of sp³-hybridized carbons (Fsp3) is 0.261. The van der Waals surface area contributed by atoms with Crippen LogP contribution in [0.2, 0.25) is 0 Å². The number of amides is 2. The summed E-state index contributed by atoms with van der Waals surface area (Å²) in [5.41, 5.74) is 3.25. The van der Waals surface area contributed by atoms with Crippen LogP contribution in [0.25, 0.3) is 0 Å². The lowest BCUT2D eigenvalue weighted by Crippen LogP contribution is -2.25. The van der Waals surface area contributed by atoms with E-state index in [0.29, 0.717) is 25.2 Å². The molecule has 3 N–H and O–H groups in total. The second-order valence-electron chi connectivity index (χ2n) is 6.85. The third kappa shape index (κ3) is 9.56. The van der Waals surface area contributed by atoms with Gasteiger partial charge in [-0.1, -0.05) is 36.9 Å². The molecule has 0 spiro atoms. The lowest BCUT2D eigenvalue weighted by atomic mass is 10.1. The van der Waals surface area contributed by atoms with Gasteiger partial charge in [0, 0.05) is 30.5 Å². The van der Waals surface area contributed by atoms with Crippen molar-refractivity contribution in [3.05, 3.63) is 71.6 Å². The number of thioether (sulfide) groups is 1. The van der Waals surface area contributed by atoms with Gasteiger partial charge in [0.05, 0.1) is 11.9 Å². The molecule has 2 aromatic rings. The minimum Gasteiger partial charge on any atom is -0.493 e. The van der Waals surface area contributed by atoms with Crippen molar-refractivity contribution in [3.8, 4) is 5.75 Å². The number of carboxylic acids is 2. The van der Waals surface area contributed by atoms with E-state index in [4.69, 9.17) is 14.9 Å². The normalized spacial score (nSPS) is 15.0. The highest BCUT2D eigenvalue weighted by Crippen LogP contribution is 2.23. The smallest absolute Gasteiger partial charge is 0.328 e. The monoisotopic (exact) mass is 472 g/mol. The van der Waals surface area contributed by atoms with Crippen LogP contribution in [-0.2, 0) is 33.6 Å². The van der Waals surface area contributed by atoms with E-state index in [-0.39, 0.29) is 16.4 Å². The molecule has 9 nitrogen and oxygen atoms in total. The highest BCUT2D eigenvalue weighted by molar-refractivity contribution is 8.15. The number of aliphatic carboxylic acids is 2. The molecular weight excluding hydrogens is 448 g/mol. The van der Waals surface area contributed by atoms with Crippen molar-refractivity contribution in [3.63, 3.8) is 0 Å². The van der Waals surface area contributed by atoms with E-state index in [9.17, 15) is 19.2 Å². The zero-order valence-electron chi connectivity index (χ0n) is 17.9. The second kappa shape index (κ2) is 13.0. The highest BCUT2D eigenvalue weighted by Gasteiger charge is 2.31. The average molecular weight is 473 g/mol. The third-order valence-electron chi connectivity index (χ3n) is 4.40. The quantitative estimate of drug-likeness (QED) is 0.469. The van der Waals surface area contributed by atoms with Crippen molar-refractivity contribution >= 4 is 34.8 Å². The first-order valence-electron chi connectivity index (χ1n) is 10.1. The first kappa shape index (κ1) is 25.6. The van der Waals surface area contributed by atoms with Crippen LogP contribution in [-0.4, -0.2) is 50.1 Å². The molecule has 0 radical (unpaired) electrons. The van der Waals surface area contributed by atoms with Gasteiger partial charge < -0.3 is 14.9 Å². The number of imide groups is 1. The van der Waals surface area contributed by atoms with E-state index in [2.05, 4.69) is 23.3 Å². The van der Waals surface area contributed by atoms with Crippen LogP contribution in [0.15, 0.2) is 54.7 Å². The van der Waals surface area contributed by atoms with Gasteiger partial charge in [0.1, 0.15) is 5.75 Å². The maximum absolute atomic E-state index is 11.6. The number of nitrogens with one attached hydrogen (secondary N) is 1. The summed E-state index contributed by atoms with van der Waals surface area (Å²) < 4.78 is 5.75. The zero-order valence-corrected chi connectivity index (χ0v) is 18.7. The SMILES string of the molecule is CCc1ccc(CCOc2ccc(CC3SC(=O)NC3=O)cc2)nc1.O=C(O)C=CC(=O)O. The highest BCUT2D eigenvalue weighted by atomic mass is 32.2. The van der Waals surface area contributed by atoms with Crippen molar-refractivity contribution in [2.45, 2.75) is 31.4 Å². The van der Waals surface area contributed by atoms with Crippen molar-refractivity contribution in [1.82, 2.24) is 10.3 Å². The van der Waals surface area contributed by atoms with Crippen molar-refractivity contribution in [1.29, 1.82) is 0 Å². The molecule has 1 aromatic heterocycles. The Hall–Kier alpha value is -3.66. The van der Waals surface area contributed by atoms with E-state index >= 15 is 0 Å². The number of benzene rings is 1.